The molecule has 0 saturated carbocycles. The van der Waals surface area contributed by atoms with Crippen molar-refractivity contribution in [1.29, 1.82) is 0 Å². The van der Waals surface area contributed by atoms with E-state index in [9.17, 15) is 13.2 Å². The van der Waals surface area contributed by atoms with Crippen molar-refractivity contribution in [2.45, 2.75) is 33.0 Å². The predicted molar refractivity (Wildman–Crippen MR) is 87.7 cm³/mol. The van der Waals surface area contributed by atoms with Gasteiger partial charge < -0.3 is 20.1 Å². The highest BCUT2D eigenvalue weighted by Gasteiger charge is 2.26. The van der Waals surface area contributed by atoms with Crippen LogP contribution in [0.1, 0.15) is 25.8 Å². The van der Waals surface area contributed by atoms with Crippen LogP contribution in [-0.2, 0) is 6.54 Å². The standard InChI is InChI=1S/C16H24F3N3O2/c1-4-20-15(21-9-8-16(17,18)19)22-11-12-6-7-13(23-3)14(10-12)24-5-2/h6-7,10H,4-5,8-9,11H2,1-3H3,(H2,20,21,22). The molecule has 0 amide bonds. The number of hydrogen-bond acceptors (Lipinski definition) is 3. The largest absolute Gasteiger partial charge is 0.493 e. The lowest BCUT2D eigenvalue weighted by molar-refractivity contribution is -0.132. The number of methoxy groups -OCH3 is 1. The van der Waals surface area contributed by atoms with E-state index in [-0.39, 0.29) is 6.54 Å². The maximum atomic E-state index is 12.2. The van der Waals surface area contributed by atoms with Gasteiger partial charge in [0, 0.05) is 13.1 Å². The fourth-order valence-electron chi connectivity index (χ4n) is 1.92. The van der Waals surface area contributed by atoms with Crippen LogP contribution in [0.4, 0.5) is 13.2 Å². The topological polar surface area (TPSA) is 54.9 Å². The van der Waals surface area contributed by atoms with Crippen molar-refractivity contribution in [1.82, 2.24) is 10.6 Å². The fraction of sp³-hybridized carbons (Fsp3) is 0.562. The minimum absolute atomic E-state index is 0.220. The van der Waals surface area contributed by atoms with Gasteiger partial charge in [0.05, 0.1) is 26.7 Å². The summed E-state index contributed by atoms with van der Waals surface area (Å²) in [6.07, 6.45) is -5.10. The highest BCUT2D eigenvalue weighted by atomic mass is 19.4. The molecule has 1 aromatic rings. The molecule has 0 aliphatic carbocycles. The molecule has 0 bridgehead atoms. The molecule has 0 aliphatic heterocycles. The van der Waals surface area contributed by atoms with Gasteiger partial charge in [-0.05, 0) is 31.5 Å². The second-order valence-corrected chi connectivity index (χ2v) is 4.91. The number of aliphatic imine (C=N–C) groups is 1. The van der Waals surface area contributed by atoms with E-state index >= 15 is 0 Å². The van der Waals surface area contributed by atoms with Crippen molar-refractivity contribution in [3.05, 3.63) is 23.8 Å². The molecular formula is C16H24F3N3O2. The monoisotopic (exact) mass is 347 g/mol. The SMILES string of the molecule is CCNC(=NCc1ccc(OC)c(OCC)c1)NCCC(F)(F)F. The lowest BCUT2D eigenvalue weighted by Crippen LogP contribution is -2.38. The van der Waals surface area contributed by atoms with Gasteiger partial charge in [0.1, 0.15) is 0 Å². The second-order valence-electron chi connectivity index (χ2n) is 4.91. The number of hydrogen-bond donors (Lipinski definition) is 2. The molecule has 1 aromatic carbocycles. The quantitative estimate of drug-likeness (QED) is 0.560. The summed E-state index contributed by atoms with van der Waals surface area (Å²) in [5, 5.41) is 5.59. The predicted octanol–water partition coefficient (Wildman–Crippen LogP) is 3.10. The summed E-state index contributed by atoms with van der Waals surface area (Å²) in [6.45, 7) is 4.88. The number of alkyl halides is 3. The minimum atomic E-state index is -4.19. The molecule has 0 heterocycles. The van der Waals surface area contributed by atoms with E-state index in [4.69, 9.17) is 9.47 Å². The molecule has 0 unspecified atom stereocenters. The number of nitrogens with zero attached hydrogens (tertiary/aromatic N) is 1. The molecule has 0 atom stereocenters. The Morgan fingerprint density at radius 1 is 1.17 bits per heavy atom. The first kappa shape index (κ1) is 19.9. The maximum Gasteiger partial charge on any atom is 0.390 e. The number of benzene rings is 1. The molecule has 1 rings (SSSR count). The molecule has 8 heteroatoms. The van der Waals surface area contributed by atoms with E-state index in [1.54, 1.807) is 13.2 Å². The van der Waals surface area contributed by atoms with Gasteiger partial charge in [-0.3, -0.25) is 0 Å². The first-order chi connectivity index (χ1) is 11.4. The molecule has 0 radical (unpaired) electrons. The summed E-state index contributed by atoms with van der Waals surface area (Å²) in [5.41, 5.74) is 0.868. The van der Waals surface area contributed by atoms with E-state index in [1.165, 1.54) is 0 Å². The van der Waals surface area contributed by atoms with Crippen LogP contribution in [0, 0.1) is 0 Å². The molecule has 5 nitrogen and oxygen atoms in total. The van der Waals surface area contributed by atoms with Crippen LogP contribution in [0.2, 0.25) is 0 Å². The Morgan fingerprint density at radius 3 is 2.50 bits per heavy atom. The number of ether oxygens (including phenoxy) is 2. The number of guanidine groups is 1. The van der Waals surface area contributed by atoms with Crippen molar-refractivity contribution in [2.75, 3.05) is 26.8 Å². The van der Waals surface area contributed by atoms with Gasteiger partial charge in [-0.25, -0.2) is 4.99 Å². The van der Waals surface area contributed by atoms with E-state index in [2.05, 4.69) is 15.6 Å². The average Bonchev–Trinajstić information content (AvgIpc) is 2.52. The van der Waals surface area contributed by atoms with Gasteiger partial charge in [0.2, 0.25) is 0 Å². The zero-order valence-electron chi connectivity index (χ0n) is 14.2. The van der Waals surface area contributed by atoms with Gasteiger partial charge >= 0.3 is 6.18 Å². The third kappa shape index (κ3) is 7.43. The summed E-state index contributed by atoms with van der Waals surface area (Å²) in [4.78, 5) is 4.29. The number of nitrogens with one attached hydrogen (secondary N) is 2. The Kier molecular flexibility index (Phi) is 8.21. The molecule has 136 valence electrons. The molecule has 24 heavy (non-hydrogen) atoms. The molecule has 0 saturated heterocycles. The summed E-state index contributed by atoms with van der Waals surface area (Å²) >= 11 is 0. The van der Waals surface area contributed by atoms with Gasteiger partial charge in [-0.2, -0.15) is 13.2 Å². The van der Waals surface area contributed by atoms with Crippen molar-refractivity contribution in [3.63, 3.8) is 0 Å². The Bertz CT molecular complexity index is 534. The van der Waals surface area contributed by atoms with Crippen LogP contribution < -0.4 is 20.1 Å². The molecule has 0 aromatic heterocycles. The Balaban J connectivity index is 2.72. The van der Waals surface area contributed by atoms with Gasteiger partial charge in [-0.1, -0.05) is 6.07 Å². The van der Waals surface area contributed by atoms with Crippen LogP contribution in [0.25, 0.3) is 0 Å². The van der Waals surface area contributed by atoms with Gasteiger partial charge in [0.15, 0.2) is 17.5 Å². The van der Waals surface area contributed by atoms with Crippen molar-refractivity contribution >= 4 is 5.96 Å². The molecule has 0 aliphatic rings. The highest BCUT2D eigenvalue weighted by Crippen LogP contribution is 2.28. The van der Waals surface area contributed by atoms with E-state index < -0.39 is 12.6 Å². The normalized spacial score (nSPS) is 12.0. The molecule has 0 fully saturated rings. The third-order valence-corrected chi connectivity index (χ3v) is 2.99. The Labute approximate surface area is 140 Å². The van der Waals surface area contributed by atoms with Crippen molar-refractivity contribution in [2.24, 2.45) is 4.99 Å². The zero-order valence-corrected chi connectivity index (χ0v) is 14.2. The van der Waals surface area contributed by atoms with Crippen molar-refractivity contribution < 1.29 is 22.6 Å². The Hall–Kier alpha value is -2.12. The van der Waals surface area contributed by atoms with Crippen LogP contribution in [0.15, 0.2) is 23.2 Å². The van der Waals surface area contributed by atoms with Crippen LogP contribution >= 0.6 is 0 Å². The first-order valence-corrected chi connectivity index (χ1v) is 7.78. The number of rotatable bonds is 8. The van der Waals surface area contributed by atoms with Crippen LogP contribution in [0.5, 0.6) is 11.5 Å². The van der Waals surface area contributed by atoms with Gasteiger partial charge in [-0.15, -0.1) is 0 Å². The molecule has 2 N–H and O–H groups in total. The lowest BCUT2D eigenvalue weighted by Gasteiger charge is -2.13. The van der Waals surface area contributed by atoms with E-state index in [0.29, 0.717) is 37.2 Å². The average molecular weight is 347 g/mol. The molecule has 0 spiro atoms. The first-order valence-electron chi connectivity index (χ1n) is 7.78. The van der Waals surface area contributed by atoms with Gasteiger partial charge in [0.25, 0.3) is 0 Å². The minimum Gasteiger partial charge on any atom is -0.493 e. The smallest absolute Gasteiger partial charge is 0.390 e. The Morgan fingerprint density at radius 2 is 1.92 bits per heavy atom. The third-order valence-electron chi connectivity index (χ3n) is 2.99. The number of halogens is 3. The highest BCUT2D eigenvalue weighted by molar-refractivity contribution is 5.79. The second kappa shape index (κ2) is 9.89. The summed E-state index contributed by atoms with van der Waals surface area (Å²) in [5.74, 6) is 1.58. The lowest BCUT2D eigenvalue weighted by atomic mass is 10.2. The van der Waals surface area contributed by atoms with E-state index in [0.717, 1.165) is 5.56 Å². The van der Waals surface area contributed by atoms with Crippen LogP contribution in [-0.4, -0.2) is 38.9 Å². The summed E-state index contributed by atoms with van der Waals surface area (Å²) in [7, 11) is 1.56. The molecular weight excluding hydrogens is 323 g/mol. The maximum absolute atomic E-state index is 12.2. The summed E-state index contributed by atoms with van der Waals surface area (Å²) < 4.78 is 47.3. The zero-order chi connectivity index (χ0) is 18.0. The van der Waals surface area contributed by atoms with Crippen LogP contribution in [0.3, 0.4) is 0 Å². The van der Waals surface area contributed by atoms with Crippen molar-refractivity contribution in [3.8, 4) is 11.5 Å². The van der Waals surface area contributed by atoms with E-state index in [1.807, 2.05) is 26.0 Å². The summed E-state index contributed by atoms with van der Waals surface area (Å²) in [6, 6.07) is 5.43. The fourth-order valence-corrected chi connectivity index (χ4v) is 1.92.